The molecule has 0 saturated heterocycles. The summed E-state index contributed by atoms with van der Waals surface area (Å²) in [7, 11) is -9.50. The van der Waals surface area contributed by atoms with E-state index in [2.05, 4.69) is 10.2 Å². The Morgan fingerprint density at radius 3 is 2.04 bits per heavy atom. The van der Waals surface area contributed by atoms with E-state index >= 15 is 0 Å². The van der Waals surface area contributed by atoms with Gasteiger partial charge in [0.1, 0.15) is 11.4 Å². The summed E-state index contributed by atoms with van der Waals surface area (Å²) in [6.45, 7) is 0. The molecule has 0 aromatic heterocycles. The quantitative estimate of drug-likeness (QED) is 0.441. The molecule has 0 spiro atoms. The normalized spacial score (nSPS) is 12.7. The number of hydrogen-bond donors (Lipinski definition) is 3. The highest BCUT2D eigenvalue weighted by Gasteiger charge is 2.24. The van der Waals surface area contributed by atoms with Crippen molar-refractivity contribution in [3.8, 4) is 5.75 Å². The molecule has 3 rings (SSSR count). The summed E-state index contributed by atoms with van der Waals surface area (Å²) in [5.41, 5.74) is 0.0612. The molecular formula is C16H12N2O7S2. The number of rotatable bonds is 4. The van der Waals surface area contributed by atoms with Crippen molar-refractivity contribution in [1.82, 2.24) is 0 Å². The molecule has 11 heteroatoms. The van der Waals surface area contributed by atoms with Gasteiger partial charge in [-0.3, -0.25) is 9.11 Å². The van der Waals surface area contributed by atoms with Crippen molar-refractivity contribution in [2.75, 3.05) is 0 Å². The van der Waals surface area contributed by atoms with Gasteiger partial charge in [0.15, 0.2) is 4.90 Å². The fourth-order valence-corrected chi connectivity index (χ4v) is 3.64. The van der Waals surface area contributed by atoms with Gasteiger partial charge < -0.3 is 5.11 Å². The van der Waals surface area contributed by atoms with Gasteiger partial charge in [-0.25, -0.2) is 0 Å². The van der Waals surface area contributed by atoms with E-state index < -0.39 is 35.8 Å². The lowest BCUT2D eigenvalue weighted by Gasteiger charge is -2.09. The standard InChI is InChI=1S/C16H12N2O7S2/c19-15-13-9-12(26(20,21)22)7-6-10(13)8-14(16(15)27(23,24)25)18-17-11-4-2-1-3-5-11/h1-9,19H,(H,20,21,22)(H,23,24,25). The molecule has 0 aliphatic heterocycles. The zero-order valence-corrected chi connectivity index (χ0v) is 15.0. The molecule has 0 bridgehead atoms. The first kappa shape index (κ1) is 18.9. The molecule has 0 aliphatic carbocycles. The van der Waals surface area contributed by atoms with E-state index in [1.54, 1.807) is 30.3 Å². The van der Waals surface area contributed by atoms with Gasteiger partial charge in [-0.1, -0.05) is 24.3 Å². The number of azo groups is 1. The highest BCUT2D eigenvalue weighted by Crippen LogP contribution is 2.40. The summed E-state index contributed by atoms with van der Waals surface area (Å²) in [4.78, 5) is -1.48. The molecule has 0 atom stereocenters. The Labute approximate surface area is 154 Å². The van der Waals surface area contributed by atoms with E-state index in [4.69, 9.17) is 4.55 Å². The van der Waals surface area contributed by atoms with E-state index in [0.717, 1.165) is 12.1 Å². The first-order valence-corrected chi connectivity index (χ1v) is 10.2. The Bertz CT molecular complexity index is 1270. The maximum Gasteiger partial charge on any atom is 0.300 e. The van der Waals surface area contributed by atoms with Crippen LogP contribution in [-0.2, 0) is 20.2 Å². The number of phenolic OH excluding ortho intramolecular Hbond substituents is 1. The van der Waals surface area contributed by atoms with Crippen LogP contribution in [0.1, 0.15) is 0 Å². The van der Waals surface area contributed by atoms with Crippen molar-refractivity contribution in [2.24, 2.45) is 10.2 Å². The molecule has 0 saturated carbocycles. The van der Waals surface area contributed by atoms with Crippen molar-refractivity contribution < 1.29 is 31.0 Å². The number of benzene rings is 3. The number of phenols is 1. The summed E-state index contributed by atoms with van der Waals surface area (Å²) < 4.78 is 64.6. The third-order valence-electron chi connectivity index (χ3n) is 3.61. The molecule has 0 heterocycles. The molecule has 0 radical (unpaired) electrons. The molecule has 3 aromatic rings. The summed E-state index contributed by atoms with van der Waals surface area (Å²) in [6.07, 6.45) is 0. The fourth-order valence-electron chi connectivity index (χ4n) is 2.42. The van der Waals surface area contributed by atoms with Crippen LogP contribution in [0.4, 0.5) is 11.4 Å². The largest absolute Gasteiger partial charge is 0.506 e. The van der Waals surface area contributed by atoms with Crippen molar-refractivity contribution in [1.29, 1.82) is 0 Å². The van der Waals surface area contributed by atoms with Gasteiger partial charge in [-0.15, -0.1) is 5.11 Å². The highest BCUT2D eigenvalue weighted by atomic mass is 32.2. The van der Waals surface area contributed by atoms with Crippen LogP contribution in [0, 0.1) is 0 Å². The second-order valence-corrected chi connectivity index (χ2v) is 8.22. The zero-order chi connectivity index (χ0) is 19.8. The topological polar surface area (TPSA) is 154 Å². The minimum absolute atomic E-state index is 0.212. The van der Waals surface area contributed by atoms with Gasteiger partial charge in [0.05, 0.1) is 10.6 Å². The van der Waals surface area contributed by atoms with Crippen molar-refractivity contribution >= 4 is 42.4 Å². The van der Waals surface area contributed by atoms with Crippen molar-refractivity contribution in [3.05, 3.63) is 54.6 Å². The summed E-state index contributed by atoms with van der Waals surface area (Å²) in [5.74, 6) is -0.914. The molecule has 140 valence electrons. The minimum Gasteiger partial charge on any atom is -0.506 e. The maximum absolute atomic E-state index is 11.7. The second-order valence-electron chi connectivity index (χ2n) is 5.44. The average molecular weight is 408 g/mol. The number of hydrogen-bond acceptors (Lipinski definition) is 7. The lowest BCUT2D eigenvalue weighted by Crippen LogP contribution is -2.01. The first-order chi connectivity index (χ1) is 12.6. The molecule has 3 N–H and O–H groups in total. The maximum atomic E-state index is 11.7. The van der Waals surface area contributed by atoms with Crippen LogP contribution in [0.3, 0.4) is 0 Å². The van der Waals surface area contributed by atoms with E-state index in [1.807, 2.05) is 0 Å². The molecular weight excluding hydrogens is 396 g/mol. The molecule has 3 aromatic carbocycles. The van der Waals surface area contributed by atoms with Crippen molar-refractivity contribution in [2.45, 2.75) is 9.79 Å². The molecule has 0 unspecified atom stereocenters. The van der Waals surface area contributed by atoms with Gasteiger partial charge in [0.25, 0.3) is 20.2 Å². The zero-order valence-electron chi connectivity index (χ0n) is 13.4. The van der Waals surface area contributed by atoms with Crippen LogP contribution in [0.5, 0.6) is 5.75 Å². The monoisotopic (exact) mass is 408 g/mol. The molecule has 0 amide bonds. The molecule has 0 fully saturated rings. The van der Waals surface area contributed by atoms with Gasteiger partial charge in [0.2, 0.25) is 0 Å². The first-order valence-electron chi connectivity index (χ1n) is 7.29. The number of aromatic hydroxyl groups is 1. The number of nitrogens with zero attached hydrogens (tertiary/aromatic N) is 2. The predicted octanol–water partition coefficient (Wildman–Crippen LogP) is 3.45. The Hall–Kier alpha value is -2.86. The van der Waals surface area contributed by atoms with E-state index in [0.29, 0.717) is 5.69 Å². The van der Waals surface area contributed by atoms with E-state index in [9.17, 15) is 26.5 Å². The van der Waals surface area contributed by atoms with E-state index in [-0.39, 0.29) is 16.5 Å². The van der Waals surface area contributed by atoms with Crippen LogP contribution in [0.2, 0.25) is 0 Å². The van der Waals surface area contributed by atoms with Crippen LogP contribution in [0.25, 0.3) is 10.8 Å². The summed E-state index contributed by atoms with van der Waals surface area (Å²) in [6, 6.07) is 12.7. The second kappa shape index (κ2) is 6.70. The number of fused-ring (bicyclic) bond motifs is 1. The lowest BCUT2D eigenvalue weighted by molar-refractivity contribution is 0.448. The van der Waals surface area contributed by atoms with Crippen LogP contribution in [0.15, 0.2) is 74.6 Å². The fraction of sp³-hybridized carbons (Fsp3) is 0. The molecule has 9 nitrogen and oxygen atoms in total. The van der Waals surface area contributed by atoms with Gasteiger partial charge in [-0.2, -0.15) is 21.9 Å². The Balaban J connectivity index is 2.29. The smallest absolute Gasteiger partial charge is 0.300 e. The Morgan fingerprint density at radius 2 is 1.44 bits per heavy atom. The SMILES string of the molecule is O=S(=O)(O)c1ccc2cc(N=Nc3ccccc3)c(S(=O)(=O)O)c(O)c2c1. The third kappa shape index (κ3) is 3.95. The third-order valence-corrected chi connectivity index (χ3v) is 5.37. The summed E-state index contributed by atoms with van der Waals surface area (Å²) in [5, 5.41) is 18.0. The minimum atomic E-state index is -4.92. The van der Waals surface area contributed by atoms with Crippen molar-refractivity contribution in [3.63, 3.8) is 0 Å². The average Bonchev–Trinajstić information content (AvgIpc) is 2.58. The Morgan fingerprint density at radius 1 is 0.778 bits per heavy atom. The Kier molecular flexibility index (Phi) is 4.70. The summed E-state index contributed by atoms with van der Waals surface area (Å²) >= 11 is 0. The van der Waals surface area contributed by atoms with Gasteiger partial charge in [-0.05, 0) is 35.7 Å². The molecule has 27 heavy (non-hydrogen) atoms. The lowest BCUT2D eigenvalue weighted by atomic mass is 10.1. The van der Waals surface area contributed by atoms with Crippen LogP contribution < -0.4 is 0 Å². The van der Waals surface area contributed by atoms with Gasteiger partial charge in [0, 0.05) is 5.39 Å². The molecule has 0 aliphatic rings. The van der Waals surface area contributed by atoms with E-state index in [1.165, 1.54) is 12.1 Å². The van der Waals surface area contributed by atoms with Crippen LogP contribution >= 0.6 is 0 Å². The highest BCUT2D eigenvalue weighted by molar-refractivity contribution is 7.86. The van der Waals surface area contributed by atoms with Crippen LogP contribution in [-0.4, -0.2) is 31.0 Å². The van der Waals surface area contributed by atoms with Gasteiger partial charge >= 0.3 is 0 Å². The predicted molar refractivity (Wildman–Crippen MR) is 95.9 cm³/mol.